The molecule has 0 bridgehead atoms. The molecule has 0 aliphatic rings. The van der Waals surface area contributed by atoms with Gasteiger partial charge in [-0.05, 0) is 53.9 Å². The highest BCUT2D eigenvalue weighted by atomic mass is 16.1. The molecule has 1 N–H and O–H groups in total. The van der Waals surface area contributed by atoms with E-state index in [1.165, 1.54) is 0 Å². The van der Waals surface area contributed by atoms with Gasteiger partial charge in [0, 0.05) is 11.3 Å². The van der Waals surface area contributed by atoms with Crippen molar-refractivity contribution in [3.8, 4) is 17.2 Å². The standard InChI is InChI=1S/C21H16N2O/c1-15-6-2-3-7-18(15)19-8-4-5-9-20(19)21(24)23-17-12-10-16(14-22)11-13-17/h2-13H,1H3,(H,23,24). The van der Waals surface area contributed by atoms with E-state index in [1.54, 1.807) is 24.3 Å². The molecule has 0 heterocycles. The number of hydrogen-bond donors (Lipinski definition) is 1. The lowest BCUT2D eigenvalue weighted by atomic mass is 9.95. The monoisotopic (exact) mass is 312 g/mol. The van der Waals surface area contributed by atoms with Crippen LogP contribution in [-0.4, -0.2) is 5.91 Å². The lowest BCUT2D eigenvalue weighted by Crippen LogP contribution is -2.13. The van der Waals surface area contributed by atoms with Crippen LogP contribution in [0.3, 0.4) is 0 Å². The normalized spacial score (nSPS) is 10.0. The SMILES string of the molecule is Cc1ccccc1-c1ccccc1C(=O)Nc1ccc(C#N)cc1. The zero-order valence-corrected chi connectivity index (χ0v) is 13.3. The topological polar surface area (TPSA) is 52.9 Å². The van der Waals surface area contributed by atoms with E-state index in [9.17, 15) is 4.79 Å². The second-order valence-corrected chi connectivity index (χ2v) is 5.50. The number of carbonyl (C=O) groups is 1. The molecule has 3 nitrogen and oxygen atoms in total. The fraction of sp³-hybridized carbons (Fsp3) is 0.0476. The molecule has 3 aromatic rings. The van der Waals surface area contributed by atoms with Crippen LogP contribution in [0.25, 0.3) is 11.1 Å². The minimum atomic E-state index is -0.168. The molecule has 0 aliphatic heterocycles. The molecule has 0 fully saturated rings. The number of nitriles is 1. The third kappa shape index (κ3) is 3.18. The van der Waals surface area contributed by atoms with Crippen molar-refractivity contribution < 1.29 is 4.79 Å². The first-order valence-corrected chi connectivity index (χ1v) is 7.65. The molecule has 0 saturated heterocycles. The Bertz CT molecular complexity index is 921. The van der Waals surface area contributed by atoms with Crippen LogP contribution in [-0.2, 0) is 0 Å². The van der Waals surface area contributed by atoms with Gasteiger partial charge in [0.2, 0.25) is 0 Å². The summed E-state index contributed by atoms with van der Waals surface area (Å²) in [5.74, 6) is -0.168. The fourth-order valence-corrected chi connectivity index (χ4v) is 2.62. The number of benzene rings is 3. The molecule has 1 amide bonds. The molecular weight excluding hydrogens is 296 g/mol. The number of amides is 1. The molecule has 3 aromatic carbocycles. The minimum absolute atomic E-state index is 0.168. The third-order valence-electron chi connectivity index (χ3n) is 3.88. The number of rotatable bonds is 3. The van der Waals surface area contributed by atoms with Crippen molar-refractivity contribution in [1.29, 1.82) is 5.26 Å². The summed E-state index contributed by atoms with van der Waals surface area (Å²) in [5, 5.41) is 11.7. The maximum Gasteiger partial charge on any atom is 0.256 e. The number of nitrogens with one attached hydrogen (secondary N) is 1. The predicted octanol–water partition coefficient (Wildman–Crippen LogP) is 4.79. The Hall–Kier alpha value is -3.38. The van der Waals surface area contributed by atoms with E-state index >= 15 is 0 Å². The first-order chi connectivity index (χ1) is 11.7. The largest absolute Gasteiger partial charge is 0.322 e. The van der Waals surface area contributed by atoms with E-state index in [1.807, 2.05) is 55.5 Å². The van der Waals surface area contributed by atoms with Gasteiger partial charge in [-0.2, -0.15) is 5.26 Å². The van der Waals surface area contributed by atoms with E-state index in [0.717, 1.165) is 16.7 Å². The summed E-state index contributed by atoms with van der Waals surface area (Å²) in [6.45, 7) is 2.03. The molecule has 0 atom stereocenters. The number of anilines is 1. The Morgan fingerprint density at radius 1 is 0.875 bits per heavy atom. The van der Waals surface area contributed by atoms with Crippen molar-refractivity contribution in [2.24, 2.45) is 0 Å². The van der Waals surface area contributed by atoms with Crippen LogP contribution in [0.4, 0.5) is 5.69 Å². The predicted molar refractivity (Wildman–Crippen MR) is 95.7 cm³/mol. The average molecular weight is 312 g/mol. The molecule has 0 radical (unpaired) electrons. The van der Waals surface area contributed by atoms with E-state index in [0.29, 0.717) is 16.8 Å². The summed E-state index contributed by atoms with van der Waals surface area (Å²) in [4.78, 5) is 12.7. The van der Waals surface area contributed by atoms with Crippen LogP contribution in [0, 0.1) is 18.3 Å². The van der Waals surface area contributed by atoms with Gasteiger partial charge < -0.3 is 5.32 Å². The van der Waals surface area contributed by atoms with E-state index < -0.39 is 0 Å². The van der Waals surface area contributed by atoms with Gasteiger partial charge in [0.25, 0.3) is 5.91 Å². The molecule has 3 rings (SSSR count). The molecular formula is C21H16N2O. The molecule has 24 heavy (non-hydrogen) atoms. The third-order valence-corrected chi connectivity index (χ3v) is 3.88. The van der Waals surface area contributed by atoms with E-state index in [4.69, 9.17) is 5.26 Å². The van der Waals surface area contributed by atoms with E-state index in [-0.39, 0.29) is 5.91 Å². The molecule has 0 unspecified atom stereocenters. The maximum absolute atomic E-state index is 12.7. The van der Waals surface area contributed by atoms with Crippen LogP contribution in [0.5, 0.6) is 0 Å². The Morgan fingerprint density at radius 2 is 1.50 bits per heavy atom. The second-order valence-electron chi connectivity index (χ2n) is 5.50. The summed E-state index contributed by atoms with van der Waals surface area (Å²) in [7, 11) is 0. The second kappa shape index (κ2) is 6.80. The fourth-order valence-electron chi connectivity index (χ4n) is 2.62. The summed E-state index contributed by atoms with van der Waals surface area (Å²) < 4.78 is 0. The van der Waals surface area contributed by atoms with Gasteiger partial charge in [-0.1, -0.05) is 42.5 Å². The number of carbonyl (C=O) groups excluding carboxylic acids is 1. The van der Waals surface area contributed by atoms with Gasteiger partial charge in [-0.15, -0.1) is 0 Å². The van der Waals surface area contributed by atoms with Crippen molar-refractivity contribution in [3.05, 3.63) is 89.5 Å². The smallest absolute Gasteiger partial charge is 0.256 e. The minimum Gasteiger partial charge on any atom is -0.322 e. The highest BCUT2D eigenvalue weighted by molar-refractivity contribution is 6.08. The summed E-state index contributed by atoms with van der Waals surface area (Å²) in [5.41, 5.74) is 4.92. The van der Waals surface area contributed by atoms with Crippen LogP contribution in [0.2, 0.25) is 0 Å². The van der Waals surface area contributed by atoms with Gasteiger partial charge in [0.1, 0.15) is 0 Å². The van der Waals surface area contributed by atoms with Gasteiger partial charge >= 0.3 is 0 Å². The number of nitrogens with zero attached hydrogens (tertiary/aromatic N) is 1. The first kappa shape index (κ1) is 15.5. The zero-order valence-electron chi connectivity index (χ0n) is 13.3. The number of aryl methyl sites for hydroxylation is 1. The average Bonchev–Trinajstić information content (AvgIpc) is 2.63. The van der Waals surface area contributed by atoms with Crippen LogP contribution >= 0.6 is 0 Å². The molecule has 3 heteroatoms. The van der Waals surface area contributed by atoms with Crippen LogP contribution in [0.1, 0.15) is 21.5 Å². The van der Waals surface area contributed by atoms with Crippen LogP contribution < -0.4 is 5.32 Å². The molecule has 116 valence electrons. The highest BCUT2D eigenvalue weighted by Crippen LogP contribution is 2.27. The summed E-state index contributed by atoms with van der Waals surface area (Å²) in [6.07, 6.45) is 0. The Labute approximate surface area is 141 Å². The van der Waals surface area contributed by atoms with E-state index in [2.05, 4.69) is 11.4 Å². The van der Waals surface area contributed by atoms with Crippen molar-refractivity contribution in [2.75, 3.05) is 5.32 Å². The van der Waals surface area contributed by atoms with Crippen molar-refractivity contribution in [3.63, 3.8) is 0 Å². The van der Waals surface area contributed by atoms with Crippen molar-refractivity contribution >= 4 is 11.6 Å². The lowest BCUT2D eigenvalue weighted by Gasteiger charge is -2.12. The zero-order chi connectivity index (χ0) is 16.9. The van der Waals surface area contributed by atoms with Gasteiger partial charge in [0.15, 0.2) is 0 Å². The van der Waals surface area contributed by atoms with Crippen LogP contribution in [0.15, 0.2) is 72.8 Å². The first-order valence-electron chi connectivity index (χ1n) is 7.65. The quantitative estimate of drug-likeness (QED) is 0.756. The molecule has 0 aliphatic carbocycles. The lowest BCUT2D eigenvalue weighted by molar-refractivity contribution is 0.102. The summed E-state index contributed by atoms with van der Waals surface area (Å²) >= 11 is 0. The van der Waals surface area contributed by atoms with Crippen molar-refractivity contribution in [1.82, 2.24) is 0 Å². The van der Waals surface area contributed by atoms with Gasteiger partial charge in [-0.25, -0.2) is 0 Å². The Kier molecular flexibility index (Phi) is 4.40. The molecule has 0 saturated carbocycles. The Balaban J connectivity index is 1.93. The van der Waals surface area contributed by atoms with Crippen molar-refractivity contribution in [2.45, 2.75) is 6.92 Å². The highest BCUT2D eigenvalue weighted by Gasteiger charge is 2.13. The maximum atomic E-state index is 12.7. The van der Waals surface area contributed by atoms with Gasteiger partial charge in [0.05, 0.1) is 11.6 Å². The molecule has 0 aromatic heterocycles. The summed E-state index contributed by atoms with van der Waals surface area (Å²) in [6, 6.07) is 24.5. The molecule has 0 spiro atoms. The Morgan fingerprint density at radius 3 is 2.17 bits per heavy atom. The number of hydrogen-bond acceptors (Lipinski definition) is 2. The van der Waals surface area contributed by atoms with Gasteiger partial charge in [-0.3, -0.25) is 4.79 Å².